The molecule has 0 aliphatic carbocycles. The van der Waals surface area contributed by atoms with Gasteiger partial charge < -0.3 is 5.32 Å². The molecule has 0 radical (unpaired) electrons. The molecular weight excluding hydrogens is 363 g/mol. The highest BCUT2D eigenvalue weighted by molar-refractivity contribution is 7.17. The van der Waals surface area contributed by atoms with Gasteiger partial charge in [0.05, 0.1) is 28.3 Å². The van der Waals surface area contributed by atoms with Gasteiger partial charge in [-0.3, -0.25) is 4.79 Å². The topological polar surface area (TPSA) is 65.8 Å². The SMILES string of the molecule is N#Cc1cccc(Nc2ncc(C(=O)c3cccc(C(F)(F)F)c3)s2)c1. The molecule has 26 heavy (non-hydrogen) atoms. The molecule has 0 fully saturated rings. The highest BCUT2D eigenvalue weighted by Crippen LogP contribution is 2.31. The Kier molecular flexibility index (Phi) is 4.73. The van der Waals surface area contributed by atoms with E-state index in [-0.39, 0.29) is 10.4 Å². The van der Waals surface area contributed by atoms with E-state index in [0.717, 1.165) is 23.5 Å². The Morgan fingerprint density at radius 1 is 1.15 bits per heavy atom. The van der Waals surface area contributed by atoms with Crippen LogP contribution in [0.5, 0.6) is 0 Å². The maximum Gasteiger partial charge on any atom is 0.416 e. The van der Waals surface area contributed by atoms with Crippen molar-refractivity contribution < 1.29 is 18.0 Å². The molecule has 4 nitrogen and oxygen atoms in total. The van der Waals surface area contributed by atoms with Crippen molar-refractivity contribution in [3.63, 3.8) is 0 Å². The molecule has 0 unspecified atom stereocenters. The molecule has 1 N–H and O–H groups in total. The number of anilines is 2. The lowest BCUT2D eigenvalue weighted by Gasteiger charge is -2.07. The zero-order valence-corrected chi connectivity index (χ0v) is 13.9. The van der Waals surface area contributed by atoms with Gasteiger partial charge in [0.25, 0.3) is 0 Å². The third-order valence-corrected chi connectivity index (χ3v) is 4.34. The van der Waals surface area contributed by atoms with Gasteiger partial charge in [-0.2, -0.15) is 18.4 Å². The highest BCUT2D eigenvalue weighted by Gasteiger charge is 2.31. The summed E-state index contributed by atoms with van der Waals surface area (Å²) in [5.41, 5.74) is 0.157. The Bertz CT molecular complexity index is 1010. The first kappa shape index (κ1) is 17.6. The van der Waals surface area contributed by atoms with E-state index in [1.807, 2.05) is 6.07 Å². The van der Waals surface area contributed by atoms with E-state index >= 15 is 0 Å². The second kappa shape index (κ2) is 6.98. The predicted molar refractivity (Wildman–Crippen MR) is 91.4 cm³/mol. The minimum Gasteiger partial charge on any atom is -0.331 e. The van der Waals surface area contributed by atoms with Crippen LogP contribution in [-0.4, -0.2) is 10.8 Å². The summed E-state index contributed by atoms with van der Waals surface area (Å²) in [5, 5.41) is 12.3. The number of ketones is 1. The Labute approximate surface area is 150 Å². The van der Waals surface area contributed by atoms with Crippen LogP contribution < -0.4 is 5.32 Å². The summed E-state index contributed by atoms with van der Waals surface area (Å²) in [5.74, 6) is -0.535. The molecule has 1 aromatic heterocycles. The molecule has 0 saturated heterocycles. The van der Waals surface area contributed by atoms with E-state index in [9.17, 15) is 18.0 Å². The summed E-state index contributed by atoms with van der Waals surface area (Å²) in [7, 11) is 0. The molecule has 3 aromatic rings. The van der Waals surface area contributed by atoms with Gasteiger partial charge in [0, 0.05) is 11.3 Å². The summed E-state index contributed by atoms with van der Waals surface area (Å²) in [6.45, 7) is 0. The van der Waals surface area contributed by atoms with E-state index in [1.165, 1.54) is 18.3 Å². The number of hydrogen-bond acceptors (Lipinski definition) is 5. The van der Waals surface area contributed by atoms with Gasteiger partial charge in [-0.05, 0) is 30.3 Å². The zero-order chi connectivity index (χ0) is 18.7. The molecule has 0 bridgehead atoms. The van der Waals surface area contributed by atoms with Crippen LogP contribution in [0, 0.1) is 11.3 Å². The number of thiazole rings is 1. The van der Waals surface area contributed by atoms with Gasteiger partial charge >= 0.3 is 6.18 Å². The number of halogens is 3. The van der Waals surface area contributed by atoms with Crippen molar-refractivity contribution in [3.8, 4) is 6.07 Å². The molecule has 0 atom stereocenters. The van der Waals surface area contributed by atoms with Crippen LogP contribution in [0.2, 0.25) is 0 Å². The van der Waals surface area contributed by atoms with Crippen LogP contribution in [0.3, 0.4) is 0 Å². The number of aromatic nitrogens is 1. The smallest absolute Gasteiger partial charge is 0.331 e. The van der Waals surface area contributed by atoms with Crippen molar-refractivity contribution in [1.82, 2.24) is 4.98 Å². The molecule has 1 heterocycles. The molecule has 0 amide bonds. The number of carbonyl (C=O) groups is 1. The second-order valence-electron chi connectivity index (χ2n) is 5.25. The van der Waals surface area contributed by atoms with Gasteiger partial charge in [0.1, 0.15) is 0 Å². The van der Waals surface area contributed by atoms with Gasteiger partial charge in [-0.25, -0.2) is 4.98 Å². The van der Waals surface area contributed by atoms with E-state index in [4.69, 9.17) is 5.26 Å². The number of alkyl halides is 3. The number of carbonyl (C=O) groups excluding carboxylic acids is 1. The first-order chi connectivity index (χ1) is 12.4. The number of nitriles is 1. The molecule has 130 valence electrons. The van der Waals surface area contributed by atoms with Gasteiger partial charge in [0.2, 0.25) is 5.78 Å². The lowest BCUT2D eigenvalue weighted by molar-refractivity contribution is -0.137. The number of nitrogens with one attached hydrogen (secondary N) is 1. The van der Waals surface area contributed by atoms with Crippen LogP contribution in [0.15, 0.2) is 54.7 Å². The van der Waals surface area contributed by atoms with E-state index in [0.29, 0.717) is 16.4 Å². The summed E-state index contributed by atoms with van der Waals surface area (Å²) >= 11 is 1.02. The fourth-order valence-corrected chi connectivity index (χ4v) is 3.00. The number of rotatable bonds is 4. The Hall–Kier alpha value is -3.18. The zero-order valence-electron chi connectivity index (χ0n) is 13.0. The minimum atomic E-state index is -4.51. The largest absolute Gasteiger partial charge is 0.416 e. The van der Waals surface area contributed by atoms with Gasteiger partial charge in [0.15, 0.2) is 5.13 Å². The second-order valence-corrected chi connectivity index (χ2v) is 6.29. The molecule has 3 rings (SSSR count). The molecule has 0 saturated carbocycles. The van der Waals surface area contributed by atoms with Gasteiger partial charge in [-0.1, -0.05) is 29.5 Å². The number of nitrogens with zero attached hydrogens (tertiary/aromatic N) is 2. The minimum absolute atomic E-state index is 0.0542. The lowest BCUT2D eigenvalue weighted by atomic mass is 10.1. The average molecular weight is 373 g/mol. The summed E-state index contributed by atoms with van der Waals surface area (Å²) in [4.78, 5) is 16.7. The third-order valence-electron chi connectivity index (χ3n) is 3.42. The maximum atomic E-state index is 12.8. The molecule has 8 heteroatoms. The van der Waals surface area contributed by atoms with Crippen LogP contribution in [0.4, 0.5) is 24.0 Å². The van der Waals surface area contributed by atoms with Crippen molar-refractivity contribution in [2.45, 2.75) is 6.18 Å². The normalized spacial score (nSPS) is 11.0. The van der Waals surface area contributed by atoms with Crippen molar-refractivity contribution >= 4 is 27.9 Å². The number of benzene rings is 2. The monoisotopic (exact) mass is 373 g/mol. The standard InChI is InChI=1S/C18H10F3N3OS/c19-18(20,21)13-5-2-4-12(8-13)16(25)15-10-23-17(26-15)24-14-6-1-3-11(7-14)9-22/h1-8,10H,(H,23,24). The predicted octanol–water partition coefficient (Wildman–Crippen LogP) is 5.01. The average Bonchev–Trinajstić information content (AvgIpc) is 3.09. The highest BCUT2D eigenvalue weighted by atomic mass is 32.1. The molecule has 0 spiro atoms. The number of hydrogen-bond donors (Lipinski definition) is 1. The van der Waals surface area contributed by atoms with Crippen molar-refractivity contribution in [2.24, 2.45) is 0 Å². The molecule has 0 aliphatic heterocycles. The van der Waals surface area contributed by atoms with E-state index in [2.05, 4.69) is 10.3 Å². The summed E-state index contributed by atoms with van der Waals surface area (Å²) in [6.07, 6.45) is -3.20. The lowest BCUT2D eigenvalue weighted by Crippen LogP contribution is -2.07. The van der Waals surface area contributed by atoms with Crippen molar-refractivity contribution in [3.05, 3.63) is 76.3 Å². The Morgan fingerprint density at radius 2 is 1.92 bits per heavy atom. The summed E-state index contributed by atoms with van der Waals surface area (Å²) < 4.78 is 38.4. The summed E-state index contributed by atoms with van der Waals surface area (Å²) in [6, 6.07) is 13.0. The molecular formula is C18H10F3N3OS. The Morgan fingerprint density at radius 3 is 2.65 bits per heavy atom. The Balaban J connectivity index is 1.81. The van der Waals surface area contributed by atoms with Crippen LogP contribution in [0.25, 0.3) is 0 Å². The van der Waals surface area contributed by atoms with E-state index < -0.39 is 17.5 Å². The van der Waals surface area contributed by atoms with Crippen molar-refractivity contribution in [1.29, 1.82) is 5.26 Å². The molecule has 2 aromatic carbocycles. The quantitative estimate of drug-likeness (QED) is 0.653. The third kappa shape index (κ3) is 3.90. The van der Waals surface area contributed by atoms with Crippen molar-refractivity contribution in [2.75, 3.05) is 5.32 Å². The first-order valence-electron chi connectivity index (χ1n) is 7.32. The van der Waals surface area contributed by atoms with Gasteiger partial charge in [-0.15, -0.1) is 0 Å². The van der Waals surface area contributed by atoms with E-state index in [1.54, 1.807) is 24.3 Å². The maximum absolute atomic E-state index is 12.8. The fraction of sp³-hybridized carbons (Fsp3) is 0.0556. The molecule has 0 aliphatic rings. The van der Waals surface area contributed by atoms with Crippen LogP contribution in [0.1, 0.15) is 26.4 Å². The van der Waals surface area contributed by atoms with Crippen LogP contribution >= 0.6 is 11.3 Å². The fourth-order valence-electron chi connectivity index (χ4n) is 2.21. The first-order valence-corrected chi connectivity index (χ1v) is 8.13. The van der Waals surface area contributed by atoms with Crippen LogP contribution in [-0.2, 0) is 6.18 Å².